The van der Waals surface area contributed by atoms with Gasteiger partial charge in [-0.15, -0.1) is 0 Å². The molecule has 0 atom stereocenters. The van der Waals surface area contributed by atoms with E-state index in [1.807, 2.05) is 31.2 Å². The van der Waals surface area contributed by atoms with Crippen LogP contribution in [-0.4, -0.2) is 37.0 Å². The molecule has 0 saturated heterocycles. The Kier molecular flexibility index (Phi) is 6.00. The second-order valence-electron chi connectivity index (χ2n) is 9.86. The van der Waals surface area contributed by atoms with E-state index < -0.39 is 5.60 Å². The smallest absolute Gasteiger partial charge is 0.309 e. The van der Waals surface area contributed by atoms with Crippen molar-refractivity contribution in [2.24, 2.45) is 5.92 Å². The molecule has 3 heterocycles. The largest absolute Gasteiger partial charge is 0.460 e. The lowest BCUT2D eigenvalue weighted by atomic mass is 9.86. The number of anilines is 1. The average molecular weight is 478 g/mol. The Morgan fingerprint density at radius 1 is 1.11 bits per heavy atom. The minimum Gasteiger partial charge on any atom is -0.460 e. The second-order valence-corrected chi connectivity index (χ2v) is 9.86. The Bertz CT molecular complexity index is 1330. The van der Waals surface area contributed by atoms with Gasteiger partial charge in [-0.05, 0) is 76.8 Å². The minimum atomic E-state index is -0.471. The zero-order valence-electron chi connectivity index (χ0n) is 20.0. The van der Waals surface area contributed by atoms with E-state index >= 15 is 0 Å². The van der Waals surface area contributed by atoms with Gasteiger partial charge in [0.2, 0.25) is 5.95 Å². The van der Waals surface area contributed by atoms with Gasteiger partial charge in [-0.2, -0.15) is 4.98 Å². The summed E-state index contributed by atoms with van der Waals surface area (Å²) in [6.45, 7) is 5.67. The summed E-state index contributed by atoms with van der Waals surface area (Å²) in [6, 6.07) is 8.16. The number of fused-ring (bicyclic) bond motifs is 1. The molecule has 4 aromatic rings. The highest BCUT2D eigenvalue weighted by Crippen LogP contribution is 2.33. The summed E-state index contributed by atoms with van der Waals surface area (Å²) in [6.07, 6.45) is 8.22. The molecule has 3 aromatic heterocycles. The first-order valence-electron chi connectivity index (χ1n) is 11.8. The fraction of sp³-hybridized carbons (Fsp3) is 0.385. The highest BCUT2D eigenvalue weighted by Gasteiger charge is 2.30. The molecule has 0 radical (unpaired) electrons. The van der Waals surface area contributed by atoms with Gasteiger partial charge in [-0.3, -0.25) is 9.20 Å². The van der Waals surface area contributed by atoms with Crippen LogP contribution in [0.4, 0.5) is 10.3 Å². The van der Waals surface area contributed by atoms with Gasteiger partial charge in [-0.25, -0.2) is 14.4 Å². The second kappa shape index (κ2) is 9.13. The number of carbonyl (C=O) groups excluding carboxylic acids is 1. The van der Waals surface area contributed by atoms with E-state index in [1.165, 1.54) is 12.1 Å². The topological polar surface area (TPSA) is 94.5 Å². The van der Waals surface area contributed by atoms with Crippen LogP contribution in [0.25, 0.3) is 28.5 Å². The molecule has 1 aromatic carbocycles. The molecule has 9 heteroatoms. The highest BCUT2D eigenvalue weighted by molar-refractivity contribution is 5.79. The molecule has 182 valence electrons. The Morgan fingerprint density at radius 3 is 2.57 bits per heavy atom. The molecule has 0 aliphatic heterocycles. The van der Waals surface area contributed by atoms with Gasteiger partial charge in [0.1, 0.15) is 29.1 Å². The van der Waals surface area contributed by atoms with Crippen LogP contribution in [0.1, 0.15) is 46.5 Å². The molecule has 8 nitrogen and oxygen atoms in total. The van der Waals surface area contributed by atoms with Gasteiger partial charge >= 0.3 is 11.8 Å². The lowest BCUT2D eigenvalue weighted by Gasteiger charge is -2.30. The van der Waals surface area contributed by atoms with Crippen LogP contribution in [0.15, 0.2) is 53.4 Å². The van der Waals surface area contributed by atoms with Crippen LogP contribution >= 0.6 is 0 Å². The van der Waals surface area contributed by atoms with Gasteiger partial charge in [0, 0.05) is 24.0 Å². The summed E-state index contributed by atoms with van der Waals surface area (Å²) in [5, 5.41) is 3.42. The fourth-order valence-corrected chi connectivity index (χ4v) is 4.44. The van der Waals surface area contributed by atoms with Crippen molar-refractivity contribution in [2.75, 3.05) is 5.32 Å². The van der Waals surface area contributed by atoms with E-state index in [9.17, 15) is 9.18 Å². The van der Waals surface area contributed by atoms with Gasteiger partial charge in [-0.1, -0.05) is 0 Å². The van der Waals surface area contributed by atoms with Crippen molar-refractivity contribution in [1.82, 2.24) is 19.4 Å². The van der Waals surface area contributed by atoms with Crippen LogP contribution in [0.3, 0.4) is 0 Å². The third-order valence-corrected chi connectivity index (χ3v) is 6.08. The number of rotatable bonds is 5. The number of esters is 1. The van der Waals surface area contributed by atoms with Gasteiger partial charge < -0.3 is 14.5 Å². The van der Waals surface area contributed by atoms with Crippen molar-refractivity contribution < 1.29 is 18.3 Å². The molecule has 1 fully saturated rings. The summed E-state index contributed by atoms with van der Waals surface area (Å²) < 4.78 is 26.4. The Hall–Kier alpha value is -3.75. The molecule has 35 heavy (non-hydrogen) atoms. The molecule has 0 unspecified atom stereocenters. The zero-order chi connectivity index (χ0) is 24.6. The van der Waals surface area contributed by atoms with Crippen molar-refractivity contribution >= 4 is 17.8 Å². The summed E-state index contributed by atoms with van der Waals surface area (Å²) >= 11 is 0. The molecule has 1 saturated carbocycles. The van der Waals surface area contributed by atoms with E-state index in [-0.39, 0.29) is 23.7 Å². The number of aromatic nitrogens is 4. The van der Waals surface area contributed by atoms with Crippen LogP contribution in [0.5, 0.6) is 0 Å². The predicted octanol–water partition coefficient (Wildman–Crippen LogP) is 5.50. The van der Waals surface area contributed by atoms with Gasteiger partial charge in [0.25, 0.3) is 0 Å². The number of imidazole rings is 1. The van der Waals surface area contributed by atoms with Crippen molar-refractivity contribution in [3.63, 3.8) is 0 Å². The first-order chi connectivity index (χ1) is 16.8. The molecular formula is C26H28FN5O3. The van der Waals surface area contributed by atoms with Crippen molar-refractivity contribution in [3.05, 3.63) is 54.8 Å². The molecule has 0 amide bonds. The summed E-state index contributed by atoms with van der Waals surface area (Å²) in [7, 11) is 0. The summed E-state index contributed by atoms with van der Waals surface area (Å²) in [5.74, 6) is 0.430. The van der Waals surface area contributed by atoms with E-state index in [0.717, 1.165) is 36.9 Å². The first kappa shape index (κ1) is 23.0. The van der Waals surface area contributed by atoms with Crippen molar-refractivity contribution in [2.45, 2.75) is 58.1 Å². The van der Waals surface area contributed by atoms with Gasteiger partial charge in [0.15, 0.2) is 0 Å². The van der Waals surface area contributed by atoms with Crippen molar-refractivity contribution in [3.8, 4) is 22.6 Å². The van der Waals surface area contributed by atoms with Gasteiger partial charge in [0.05, 0.1) is 11.6 Å². The van der Waals surface area contributed by atoms with E-state index in [1.54, 1.807) is 30.8 Å². The van der Waals surface area contributed by atoms with E-state index in [4.69, 9.17) is 14.1 Å². The van der Waals surface area contributed by atoms with Crippen LogP contribution in [0, 0.1) is 11.7 Å². The van der Waals surface area contributed by atoms with E-state index in [2.05, 4.69) is 15.3 Å². The number of nitrogens with zero attached hydrogens (tertiary/aromatic N) is 4. The minimum absolute atomic E-state index is 0.0704. The number of carbonyl (C=O) groups is 1. The lowest BCUT2D eigenvalue weighted by Crippen LogP contribution is -2.34. The molecule has 5 rings (SSSR count). The normalized spacial score (nSPS) is 18.5. The third kappa shape index (κ3) is 5.03. The molecular weight excluding hydrogens is 449 g/mol. The standard InChI is InChI=1S/C26H28FN5O3/c1-26(2,3)35-23(33)17-6-10-19(11-7-17)29-24-28-13-12-20(30-24)22-21(16-4-8-18(27)9-5-16)31-25-32(22)14-15-34-25/h4-5,8-9,12-15,17,19H,6-7,10-11H2,1-3H3,(H,28,29,30). The molecule has 1 aliphatic carbocycles. The molecule has 1 aliphatic rings. The number of halogens is 1. The quantitative estimate of drug-likeness (QED) is 0.379. The predicted molar refractivity (Wildman–Crippen MR) is 129 cm³/mol. The summed E-state index contributed by atoms with van der Waals surface area (Å²) in [4.78, 5) is 26.2. The maximum Gasteiger partial charge on any atom is 0.309 e. The SMILES string of the molecule is CC(C)(C)OC(=O)C1CCC(Nc2nccc(-c3c(-c4ccc(F)cc4)nc4occn34)n2)CC1. The number of hydrogen-bond acceptors (Lipinski definition) is 7. The Morgan fingerprint density at radius 2 is 1.86 bits per heavy atom. The Labute approximate surface area is 202 Å². The van der Waals surface area contributed by atoms with Crippen LogP contribution in [0.2, 0.25) is 0 Å². The molecule has 0 bridgehead atoms. The zero-order valence-corrected chi connectivity index (χ0v) is 20.0. The highest BCUT2D eigenvalue weighted by atomic mass is 19.1. The van der Waals surface area contributed by atoms with Crippen molar-refractivity contribution in [1.29, 1.82) is 0 Å². The molecule has 0 spiro atoms. The number of ether oxygens (including phenoxy) is 1. The first-order valence-corrected chi connectivity index (χ1v) is 11.8. The number of benzene rings is 1. The van der Waals surface area contributed by atoms with E-state index in [0.29, 0.717) is 23.2 Å². The number of nitrogens with one attached hydrogen (secondary N) is 1. The maximum absolute atomic E-state index is 13.5. The lowest BCUT2D eigenvalue weighted by molar-refractivity contribution is -0.161. The summed E-state index contributed by atoms with van der Waals surface area (Å²) in [5.41, 5.74) is 2.33. The third-order valence-electron chi connectivity index (χ3n) is 6.08. The van der Waals surface area contributed by atoms with Crippen LogP contribution < -0.4 is 5.32 Å². The number of oxazole rings is 1. The monoisotopic (exact) mass is 477 g/mol. The molecule has 1 N–H and O–H groups in total. The fourth-order valence-electron chi connectivity index (χ4n) is 4.44. The Balaban J connectivity index is 1.34. The average Bonchev–Trinajstić information content (AvgIpc) is 3.40. The maximum atomic E-state index is 13.5. The number of hydrogen-bond donors (Lipinski definition) is 1. The van der Waals surface area contributed by atoms with Crippen LogP contribution in [-0.2, 0) is 9.53 Å².